The third-order valence-electron chi connectivity index (χ3n) is 3.20. The number of aromatic nitrogens is 1. The summed E-state index contributed by atoms with van der Waals surface area (Å²) in [6.45, 7) is 0. The van der Waals surface area contributed by atoms with E-state index in [0.29, 0.717) is 16.3 Å². The van der Waals surface area contributed by atoms with Gasteiger partial charge in [-0.2, -0.15) is 0 Å². The summed E-state index contributed by atoms with van der Waals surface area (Å²) >= 11 is 1.07. The number of carbonyl (C=O) groups is 1. The van der Waals surface area contributed by atoms with Crippen LogP contribution in [0, 0.1) is 5.82 Å². The van der Waals surface area contributed by atoms with E-state index < -0.39 is 5.97 Å². The number of benzene rings is 2. The Hall–Kier alpha value is -2.79. The molecule has 2 aromatic carbocycles. The average Bonchev–Trinajstić information content (AvgIpc) is 2.99. The highest BCUT2D eigenvalue weighted by Gasteiger charge is 2.17. The van der Waals surface area contributed by atoms with Gasteiger partial charge in [-0.1, -0.05) is 48.5 Å². The molecule has 0 spiro atoms. The highest BCUT2D eigenvalue weighted by Crippen LogP contribution is 2.29. The Morgan fingerprint density at radius 3 is 2.43 bits per heavy atom. The third-order valence-corrected chi connectivity index (χ3v) is 4.20. The molecule has 0 aliphatic rings. The topological polar surface area (TPSA) is 50.2 Å². The lowest BCUT2D eigenvalue weighted by molar-refractivity contribution is 0.0702. The van der Waals surface area contributed by atoms with Crippen LogP contribution in [0.25, 0.3) is 23.4 Å². The molecule has 0 atom stereocenters. The Morgan fingerprint density at radius 1 is 1.04 bits per heavy atom. The first-order chi connectivity index (χ1) is 11.1. The van der Waals surface area contributed by atoms with Crippen molar-refractivity contribution in [3.05, 3.63) is 75.9 Å². The fourth-order valence-corrected chi connectivity index (χ4v) is 2.95. The SMILES string of the molecule is O=C(O)c1sc(/C=C/c2ccccc2F)nc1-c1ccccc1. The first-order valence-corrected chi connectivity index (χ1v) is 7.69. The molecular weight excluding hydrogens is 313 g/mol. The molecule has 0 aliphatic carbocycles. The maximum Gasteiger partial charge on any atom is 0.348 e. The number of hydrogen-bond donors (Lipinski definition) is 1. The monoisotopic (exact) mass is 325 g/mol. The molecule has 5 heteroatoms. The van der Waals surface area contributed by atoms with Crippen LogP contribution in [0.1, 0.15) is 20.2 Å². The molecule has 114 valence electrons. The van der Waals surface area contributed by atoms with Crippen LogP contribution in [0.2, 0.25) is 0 Å². The molecule has 1 N–H and O–H groups in total. The number of thiazole rings is 1. The molecule has 0 fully saturated rings. The fourth-order valence-electron chi connectivity index (χ4n) is 2.12. The van der Waals surface area contributed by atoms with Gasteiger partial charge >= 0.3 is 5.97 Å². The molecule has 3 aromatic rings. The summed E-state index contributed by atoms with van der Waals surface area (Å²) in [5.74, 6) is -1.35. The van der Waals surface area contributed by atoms with E-state index in [1.54, 1.807) is 30.4 Å². The summed E-state index contributed by atoms with van der Waals surface area (Å²) in [6.07, 6.45) is 3.22. The standard InChI is InChI=1S/C18H12FNO2S/c19-14-9-5-4-6-12(14)10-11-15-20-16(17(23-15)18(21)22)13-7-2-1-3-8-13/h1-11H,(H,21,22)/b11-10+. The van der Waals surface area contributed by atoms with Crippen LogP contribution in [-0.4, -0.2) is 16.1 Å². The number of hydrogen-bond acceptors (Lipinski definition) is 3. The van der Waals surface area contributed by atoms with Crippen LogP contribution in [0.5, 0.6) is 0 Å². The van der Waals surface area contributed by atoms with Crippen molar-refractivity contribution in [2.75, 3.05) is 0 Å². The lowest BCUT2D eigenvalue weighted by Crippen LogP contribution is -1.95. The smallest absolute Gasteiger partial charge is 0.348 e. The van der Waals surface area contributed by atoms with Crippen molar-refractivity contribution in [1.82, 2.24) is 4.98 Å². The highest BCUT2D eigenvalue weighted by atomic mass is 32.1. The molecule has 0 saturated carbocycles. The van der Waals surface area contributed by atoms with Crippen molar-refractivity contribution in [3.63, 3.8) is 0 Å². The van der Waals surface area contributed by atoms with Crippen LogP contribution < -0.4 is 0 Å². The number of aromatic carboxylic acids is 1. The van der Waals surface area contributed by atoms with E-state index >= 15 is 0 Å². The Bertz CT molecular complexity index is 872. The van der Waals surface area contributed by atoms with E-state index in [9.17, 15) is 14.3 Å². The van der Waals surface area contributed by atoms with E-state index in [1.165, 1.54) is 6.07 Å². The lowest BCUT2D eigenvalue weighted by Gasteiger charge is -1.97. The molecule has 0 unspecified atom stereocenters. The lowest BCUT2D eigenvalue weighted by atomic mass is 10.1. The number of nitrogens with zero attached hydrogens (tertiary/aromatic N) is 1. The maximum absolute atomic E-state index is 13.6. The van der Waals surface area contributed by atoms with Crippen LogP contribution in [0.3, 0.4) is 0 Å². The molecule has 0 radical (unpaired) electrons. The zero-order chi connectivity index (χ0) is 16.2. The molecule has 3 nitrogen and oxygen atoms in total. The second kappa shape index (κ2) is 6.54. The Morgan fingerprint density at radius 2 is 1.74 bits per heavy atom. The van der Waals surface area contributed by atoms with Crippen molar-refractivity contribution < 1.29 is 14.3 Å². The third kappa shape index (κ3) is 3.35. The van der Waals surface area contributed by atoms with E-state index in [-0.39, 0.29) is 10.7 Å². The van der Waals surface area contributed by atoms with E-state index in [0.717, 1.165) is 16.9 Å². The van der Waals surface area contributed by atoms with Crippen molar-refractivity contribution in [2.45, 2.75) is 0 Å². The van der Waals surface area contributed by atoms with Crippen molar-refractivity contribution in [3.8, 4) is 11.3 Å². The Balaban J connectivity index is 1.99. The minimum absolute atomic E-state index is 0.171. The second-order valence-electron chi connectivity index (χ2n) is 4.76. The summed E-state index contributed by atoms with van der Waals surface area (Å²) in [5, 5.41) is 9.87. The summed E-state index contributed by atoms with van der Waals surface area (Å²) in [4.78, 5) is 16.0. The van der Waals surface area contributed by atoms with E-state index in [1.807, 2.05) is 30.3 Å². The number of rotatable bonds is 4. The molecule has 0 aliphatic heterocycles. The first kappa shape index (κ1) is 15.1. The predicted octanol–water partition coefficient (Wildman–Crippen LogP) is 4.82. The zero-order valence-electron chi connectivity index (χ0n) is 11.9. The average molecular weight is 325 g/mol. The molecule has 23 heavy (non-hydrogen) atoms. The molecule has 0 amide bonds. The summed E-state index contributed by atoms with van der Waals surface area (Å²) in [7, 11) is 0. The summed E-state index contributed by atoms with van der Waals surface area (Å²) in [6, 6.07) is 15.5. The molecule has 0 saturated heterocycles. The zero-order valence-corrected chi connectivity index (χ0v) is 12.8. The van der Waals surface area contributed by atoms with Gasteiger partial charge in [0, 0.05) is 11.1 Å². The fraction of sp³-hybridized carbons (Fsp3) is 0. The summed E-state index contributed by atoms with van der Waals surface area (Å²) in [5.41, 5.74) is 1.60. The quantitative estimate of drug-likeness (QED) is 0.748. The van der Waals surface area contributed by atoms with Gasteiger partial charge in [0.2, 0.25) is 0 Å². The van der Waals surface area contributed by atoms with Gasteiger partial charge in [0.1, 0.15) is 15.7 Å². The maximum atomic E-state index is 13.6. The van der Waals surface area contributed by atoms with Crippen LogP contribution in [0.15, 0.2) is 54.6 Å². The van der Waals surface area contributed by atoms with E-state index in [2.05, 4.69) is 4.98 Å². The van der Waals surface area contributed by atoms with Gasteiger partial charge in [0.25, 0.3) is 0 Å². The van der Waals surface area contributed by atoms with Gasteiger partial charge in [0.15, 0.2) is 0 Å². The number of carboxylic acid groups (broad SMARTS) is 1. The van der Waals surface area contributed by atoms with Crippen molar-refractivity contribution in [1.29, 1.82) is 0 Å². The molecule has 1 aromatic heterocycles. The number of carboxylic acids is 1. The summed E-state index contributed by atoms with van der Waals surface area (Å²) < 4.78 is 13.6. The van der Waals surface area contributed by atoms with Crippen molar-refractivity contribution >= 4 is 29.5 Å². The highest BCUT2D eigenvalue weighted by molar-refractivity contribution is 7.15. The molecule has 1 heterocycles. The van der Waals surface area contributed by atoms with Gasteiger partial charge in [-0.3, -0.25) is 0 Å². The first-order valence-electron chi connectivity index (χ1n) is 6.87. The van der Waals surface area contributed by atoms with Gasteiger partial charge in [0.05, 0.1) is 5.69 Å². The minimum Gasteiger partial charge on any atom is -0.477 e. The minimum atomic E-state index is -1.02. The Kier molecular flexibility index (Phi) is 4.30. The van der Waals surface area contributed by atoms with E-state index in [4.69, 9.17) is 0 Å². The predicted molar refractivity (Wildman–Crippen MR) is 89.8 cm³/mol. The largest absolute Gasteiger partial charge is 0.477 e. The molecule has 3 rings (SSSR count). The Labute approximate surface area is 136 Å². The van der Waals surface area contributed by atoms with Crippen LogP contribution in [-0.2, 0) is 0 Å². The van der Waals surface area contributed by atoms with Crippen LogP contribution >= 0.6 is 11.3 Å². The van der Waals surface area contributed by atoms with Gasteiger partial charge < -0.3 is 5.11 Å². The van der Waals surface area contributed by atoms with Crippen LogP contribution in [0.4, 0.5) is 4.39 Å². The van der Waals surface area contributed by atoms with Crippen molar-refractivity contribution in [2.24, 2.45) is 0 Å². The molecule has 0 bridgehead atoms. The normalized spacial score (nSPS) is 11.0. The van der Waals surface area contributed by atoms with Gasteiger partial charge in [-0.15, -0.1) is 11.3 Å². The molecular formula is C18H12FNO2S. The second-order valence-corrected chi connectivity index (χ2v) is 5.79. The van der Waals surface area contributed by atoms with Gasteiger partial charge in [-0.05, 0) is 18.2 Å². The van der Waals surface area contributed by atoms with Gasteiger partial charge in [-0.25, -0.2) is 14.2 Å². The number of halogens is 1.